The highest BCUT2D eigenvalue weighted by Gasteiger charge is 2.16. The summed E-state index contributed by atoms with van der Waals surface area (Å²) in [4.78, 5) is 21.3. The number of anilines is 1. The van der Waals surface area contributed by atoms with Gasteiger partial charge in [-0.3, -0.25) is 20.3 Å². The first kappa shape index (κ1) is 12.4. The fourth-order valence-corrected chi connectivity index (χ4v) is 1.18. The molecule has 0 aliphatic heterocycles. The SMILES string of the molecule is N=C(C(=O)/C=C\N)c1cc([N+](=O)[O-])ccc1N. The average molecular weight is 234 g/mol. The Morgan fingerprint density at radius 2 is 2.12 bits per heavy atom. The Kier molecular flexibility index (Phi) is 3.55. The first-order valence-electron chi connectivity index (χ1n) is 4.52. The lowest BCUT2D eigenvalue weighted by Gasteiger charge is -2.04. The fourth-order valence-electron chi connectivity index (χ4n) is 1.18. The van der Waals surface area contributed by atoms with Crippen molar-refractivity contribution in [1.82, 2.24) is 0 Å². The third-order valence-electron chi connectivity index (χ3n) is 2.01. The monoisotopic (exact) mass is 234 g/mol. The van der Waals surface area contributed by atoms with Crippen LogP contribution in [-0.2, 0) is 4.79 Å². The number of hydrogen-bond donors (Lipinski definition) is 3. The second-order valence-electron chi connectivity index (χ2n) is 3.13. The van der Waals surface area contributed by atoms with E-state index >= 15 is 0 Å². The van der Waals surface area contributed by atoms with Gasteiger partial charge in [-0.05, 0) is 12.3 Å². The number of nitro groups is 1. The molecule has 0 radical (unpaired) electrons. The van der Waals surface area contributed by atoms with E-state index in [-0.39, 0.29) is 16.9 Å². The standard InChI is InChI=1S/C10H10N4O3/c11-4-3-9(15)10(13)7-5-6(14(16)17)1-2-8(7)12/h1-5,13H,11-12H2/b4-3-,13-10?. The molecule has 0 spiro atoms. The van der Waals surface area contributed by atoms with Gasteiger partial charge >= 0.3 is 0 Å². The second-order valence-corrected chi connectivity index (χ2v) is 3.13. The largest absolute Gasteiger partial charge is 0.404 e. The van der Waals surface area contributed by atoms with Gasteiger partial charge in [0.05, 0.1) is 4.92 Å². The number of benzene rings is 1. The van der Waals surface area contributed by atoms with Crippen LogP contribution in [0.4, 0.5) is 11.4 Å². The molecule has 0 fully saturated rings. The highest BCUT2D eigenvalue weighted by molar-refractivity contribution is 6.49. The topological polar surface area (TPSA) is 136 Å². The van der Waals surface area contributed by atoms with E-state index in [1.54, 1.807) is 0 Å². The summed E-state index contributed by atoms with van der Waals surface area (Å²) in [6.45, 7) is 0. The van der Waals surface area contributed by atoms with E-state index in [1.165, 1.54) is 12.1 Å². The van der Waals surface area contributed by atoms with Gasteiger partial charge in [0.25, 0.3) is 5.69 Å². The maximum Gasteiger partial charge on any atom is 0.270 e. The average Bonchev–Trinajstić information content (AvgIpc) is 2.28. The molecule has 5 N–H and O–H groups in total. The summed E-state index contributed by atoms with van der Waals surface area (Å²) >= 11 is 0. The van der Waals surface area contributed by atoms with Crippen LogP contribution in [0.2, 0.25) is 0 Å². The lowest BCUT2D eigenvalue weighted by Crippen LogP contribution is -2.14. The van der Waals surface area contributed by atoms with Crippen LogP contribution >= 0.6 is 0 Å². The number of ketones is 1. The molecule has 0 atom stereocenters. The number of nitrogen functional groups attached to an aromatic ring is 1. The first-order valence-corrected chi connectivity index (χ1v) is 4.52. The number of rotatable bonds is 4. The lowest BCUT2D eigenvalue weighted by molar-refractivity contribution is -0.384. The van der Waals surface area contributed by atoms with E-state index in [0.717, 1.165) is 18.3 Å². The van der Waals surface area contributed by atoms with Gasteiger partial charge in [0.15, 0.2) is 0 Å². The summed E-state index contributed by atoms with van der Waals surface area (Å²) in [5.41, 5.74) is 10.0. The van der Waals surface area contributed by atoms with Gasteiger partial charge in [0, 0.05) is 29.5 Å². The Morgan fingerprint density at radius 1 is 1.47 bits per heavy atom. The van der Waals surface area contributed by atoms with Crippen molar-refractivity contribution in [1.29, 1.82) is 5.41 Å². The molecular weight excluding hydrogens is 224 g/mol. The van der Waals surface area contributed by atoms with Crippen molar-refractivity contribution in [3.05, 3.63) is 46.2 Å². The van der Waals surface area contributed by atoms with Crippen LogP contribution in [0.5, 0.6) is 0 Å². The zero-order valence-electron chi connectivity index (χ0n) is 8.71. The second kappa shape index (κ2) is 4.88. The van der Waals surface area contributed by atoms with Gasteiger partial charge in [-0.15, -0.1) is 0 Å². The number of hydrogen-bond acceptors (Lipinski definition) is 6. The summed E-state index contributed by atoms with van der Waals surface area (Å²) in [5, 5.41) is 18.1. The van der Waals surface area contributed by atoms with Crippen LogP contribution in [0.15, 0.2) is 30.5 Å². The molecule has 88 valence electrons. The van der Waals surface area contributed by atoms with Gasteiger partial charge < -0.3 is 11.5 Å². The summed E-state index contributed by atoms with van der Waals surface area (Å²) < 4.78 is 0. The number of non-ortho nitro benzene ring substituents is 1. The summed E-state index contributed by atoms with van der Waals surface area (Å²) in [5.74, 6) is -0.667. The van der Waals surface area contributed by atoms with Crippen molar-refractivity contribution in [2.24, 2.45) is 5.73 Å². The van der Waals surface area contributed by atoms with Gasteiger partial charge in [0.1, 0.15) is 5.71 Å². The van der Waals surface area contributed by atoms with E-state index in [1.807, 2.05) is 0 Å². The number of carbonyl (C=O) groups excluding carboxylic acids is 1. The lowest BCUT2D eigenvalue weighted by atomic mass is 10.0. The van der Waals surface area contributed by atoms with Crippen LogP contribution in [0.1, 0.15) is 5.56 Å². The molecule has 0 heterocycles. The maximum atomic E-state index is 11.4. The van der Waals surface area contributed by atoms with Crippen molar-refractivity contribution in [3.8, 4) is 0 Å². The van der Waals surface area contributed by atoms with Crippen molar-refractivity contribution in [2.75, 3.05) is 5.73 Å². The van der Waals surface area contributed by atoms with E-state index in [0.29, 0.717) is 0 Å². The summed E-state index contributed by atoms with van der Waals surface area (Å²) in [6.07, 6.45) is 1.98. The third-order valence-corrected chi connectivity index (χ3v) is 2.01. The smallest absolute Gasteiger partial charge is 0.270 e. The Morgan fingerprint density at radius 3 is 2.65 bits per heavy atom. The zero-order chi connectivity index (χ0) is 13.0. The number of nitrogens with two attached hydrogens (primary N) is 2. The molecule has 0 bridgehead atoms. The quantitative estimate of drug-likeness (QED) is 0.230. The number of allylic oxidation sites excluding steroid dienone is 1. The Balaban J connectivity index is 3.21. The summed E-state index contributed by atoms with van der Waals surface area (Å²) in [6, 6.07) is 3.57. The highest BCUT2D eigenvalue weighted by atomic mass is 16.6. The van der Waals surface area contributed by atoms with Crippen LogP contribution in [-0.4, -0.2) is 16.4 Å². The molecule has 17 heavy (non-hydrogen) atoms. The number of nitro benzene ring substituents is 1. The van der Waals surface area contributed by atoms with E-state index in [4.69, 9.17) is 16.9 Å². The molecule has 0 aromatic heterocycles. The highest BCUT2D eigenvalue weighted by Crippen LogP contribution is 2.20. The molecule has 0 aliphatic rings. The molecule has 7 nitrogen and oxygen atoms in total. The molecular formula is C10H10N4O3. The van der Waals surface area contributed by atoms with Crippen molar-refractivity contribution < 1.29 is 9.72 Å². The minimum Gasteiger partial charge on any atom is -0.404 e. The molecule has 1 aromatic rings. The molecule has 1 rings (SSSR count). The van der Waals surface area contributed by atoms with E-state index in [9.17, 15) is 14.9 Å². The van der Waals surface area contributed by atoms with Gasteiger partial charge in [-0.2, -0.15) is 0 Å². The van der Waals surface area contributed by atoms with E-state index in [2.05, 4.69) is 0 Å². The fraction of sp³-hybridized carbons (Fsp3) is 0. The molecule has 0 saturated carbocycles. The molecule has 0 amide bonds. The van der Waals surface area contributed by atoms with Gasteiger partial charge in [0.2, 0.25) is 5.78 Å². The van der Waals surface area contributed by atoms with Crippen LogP contribution in [0.3, 0.4) is 0 Å². The Labute approximate surface area is 96.4 Å². The zero-order valence-corrected chi connectivity index (χ0v) is 8.71. The van der Waals surface area contributed by atoms with Crippen LogP contribution in [0, 0.1) is 15.5 Å². The third kappa shape index (κ3) is 2.65. The van der Waals surface area contributed by atoms with Crippen LogP contribution < -0.4 is 11.5 Å². The molecule has 1 aromatic carbocycles. The summed E-state index contributed by atoms with van der Waals surface area (Å²) in [7, 11) is 0. The molecule has 0 unspecified atom stereocenters. The molecule has 0 aliphatic carbocycles. The van der Waals surface area contributed by atoms with Crippen molar-refractivity contribution in [2.45, 2.75) is 0 Å². The molecule has 0 saturated heterocycles. The van der Waals surface area contributed by atoms with E-state index < -0.39 is 16.4 Å². The minimum atomic E-state index is -0.667. The minimum absolute atomic E-state index is 0.0160. The normalized spacial score (nSPS) is 10.4. The Bertz CT molecular complexity index is 522. The predicted molar refractivity (Wildman–Crippen MR) is 62.7 cm³/mol. The van der Waals surface area contributed by atoms with Gasteiger partial charge in [-0.1, -0.05) is 0 Å². The number of carbonyl (C=O) groups is 1. The Hall–Kier alpha value is -2.70. The first-order chi connectivity index (χ1) is 7.97. The maximum absolute atomic E-state index is 11.4. The number of nitrogens with one attached hydrogen (secondary N) is 1. The van der Waals surface area contributed by atoms with Gasteiger partial charge in [-0.25, -0.2) is 0 Å². The molecule has 7 heteroatoms. The van der Waals surface area contributed by atoms with Crippen molar-refractivity contribution in [3.63, 3.8) is 0 Å². The van der Waals surface area contributed by atoms with Crippen molar-refractivity contribution >= 4 is 22.9 Å². The number of nitrogens with zero attached hydrogens (tertiary/aromatic N) is 1. The predicted octanol–water partition coefficient (Wildman–Crippen LogP) is 0.586. The van der Waals surface area contributed by atoms with Crippen LogP contribution in [0.25, 0.3) is 0 Å².